The maximum atomic E-state index is 11.2. The van der Waals surface area contributed by atoms with E-state index in [1.165, 1.54) is 25.7 Å². The van der Waals surface area contributed by atoms with Gasteiger partial charge in [0, 0.05) is 0 Å². The van der Waals surface area contributed by atoms with Gasteiger partial charge in [-0.25, -0.2) is 0 Å². The Morgan fingerprint density at radius 1 is 1.31 bits per heavy atom. The number of hydrogen-bond donors (Lipinski definition) is 0. The molecular formula is C15H22O. The average Bonchev–Trinajstić information content (AvgIpc) is 2.63. The minimum atomic E-state index is 0.380. The van der Waals surface area contributed by atoms with Crippen molar-refractivity contribution in [1.29, 1.82) is 0 Å². The summed E-state index contributed by atoms with van der Waals surface area (Å²) in [6.45, 7) is 7.38. The summed E-state index contributed by atoms with van der Waals surface area (Å²) in [5.74, 6) is 0.538. The van der Waals surface area contributed by atoms with E-state index in [4.69, 9.17) is 0 Å². The first kappa shape index (κ1) is 10.6. The fourth-order valence-electron chi connectivity index (χ4n) is 5.23. The van der Waals surface area contributed by atoms with Gasteiger partial charge in [-0.05, 0) is 53.4 Å². The molecule has 1 nitrogen and oxygen atoms in total. The van der Waals surface area contributed by atoms with Crippen molar-refractivity contribution >= 4 is 6.29 Å². The molecule has 0 aromatic rings. The van der Waals surface area contributed by atoms with Gasteiger partial charge in [-0.15, -0.1) is 0 Å². The zero-order chi connectivity index (χ0) is 11.6. The Morgan fingerprint density at radius 3 is 2.75 bits per heavy atom. The monoisotopic (exact) mass is 218 g/mol. The average molecular weight is 218 g/mol. The molecule has 0 unspecified atom stereocenters. The van der Waals surface area contributed by atoms with E-state index in [9.17, 15) is 4.79 Å². The lowest BCUT2D eigenvalue weighted by Gasteiger charge is -2.45. The normalized spacial score (nSPS) is 54.7. The van der Waals surface area contributed by atoms with Gasteiger partial charge < -0.3 is 0 Å². The first-order valence-corrected chi connectivity index (χ1v) is 6.62. The number of hydrogen-bond acceptors (Lipinski definition) is 1. The number of fused-ring (bicyclic) bond motifs is 5. The molecule has 16 heavy (non-hydrogen) atoms. The zero-order valence-electron chi connectivity index (χ0n) is 10.7. The van der Waals surface area contributed by atoms with Gasteiger partial charge >= 0.3 is 0 Å². The van der Waals surface area contributed by atoms with Gasteiger partial charge in [0.25, 0.3) is 0 Å². The number of carbonyl (C=O) groups excluding carboxylic acids is 1. The second-order valence-electron chi connectivity index (χ2n) is 6.95. The van der Waals surface area contributed by atoms with Crippen molar-refractivity contribution in [1.82, 2.24) is 0 Å². The molecule has 0 N–H and O–H groups in total. The highest BCUT2D eigenvalue weighted by atomic mass is 16.1. The molecule has 3 aliphatic rings. The van der Waals surface area contributed by atoms with Crippen LogP contribution in [-0.2, 0) is 4.79 Å². The van der Waals surface area contributed by atoms with Crippen LogP contribution >= 0.6 is 0 Å². The highest BCUT2D eigenvalue weighted by molar-refractivity contribution is 5.75. The molecule has 0 aromatic carbocycles. The van der Waals surface area contributed by atoms with Crippen LogP contribution in [0.1, 0.15) is 52.9 Å². The maximum absolute atomic E-state index is 11.2. The third-order valence-electron chi connectivity index (χ3n) is 6.72. The molecule has 0 aliphatic heterocycles. The summed E-state index contributed by atoms with van der Waals surface area (Å²) in [5, 5.41) is 0. The first-order valence-electron chi connectivity index (χ1n) is 6.62. The molecule has 0 amide bonds. The molecule has 0 heterocycles. The lowest BCUT2D eigenvalue weighted by Crippen LogP contribution is -2.38. The van der Waals surface area contributed by atoms with Gasteiger partial charge in [0.05, 0.1) is 0 Å². The summed E-state index contributed by atoms with van der Waals surface area (Å²) in [6.07, 6.45) is 9.74. The molecule has 0 saturated heterocycles. The van der Waals surface area contributed by atoms with Crippen LogP contribution in [0.25, 0.3) is 0 Å². The molecule has 2 saturated carbocycles. The van der Waals surface area contributed by atoms with Gasteiger partial charge in [-0.1, -0.05) is 33.3 Å². The van der Waals surface area contributed by atoms with Crippen molar-refractivity contribution < 1.29 is 4.79 Å². The minimum Gasteiger partial charge on any atom is -0.298 e. The standard InChI is InChI=1S/C15H22O/c1-13-8-5-11(10-16)12(9-13)14(2)6-4-7-15(13,14)3/h5,10,12H,4,6-9H2,1-3H3/t12-,13-,14+,15-/m1/s1. The van der Waals surface area contributed by atoms with Crippen molar-refractivity contribution in [3.8, 4) is 0 Å². The summed E-state index contributed by atoms with van der Waals surface area (Å²) in [4.78, 5) is 11.2. The Bertz CT molecular complexity index is 383. The third-order valence-corrected chi connectivity index (χ3v) is 6.72. The summed E-state index contributed by atoms with van der Waals surface area (Å²) < 4.78 is 0. The van der Waals surface area contributed by atoms with E-state index in [-0.39, 0.29) is 0 Å². The lowest BCUT2D eigenvalue weighted by atomic mass is 9.59. The predicted octanol–water partition coefficient (Wildman–Crippen LogP) is 3.74. The summed E-state index contributed by atoms with van der Waals surface area (Å²) >= 11 is 0. The number of allylic oxidation sites excluding steroid dienone is 2. The van der Waals surface area contributed by atoms with Crippen molar-refractivity contribution in [2.24, 2.45) is 22.2 Å². The van der Waals surface area contributed by atoms with Crippen LogP contribution in [0.2, 0.25) is 0 Å². The van der Waals surface area contributed by atoms with Crippen LogP contribution in [0.4, 0.5) is 0 Å². The Balaban J connectivity index is 2.16. The smallest absolute Gasteiger partial charge is 0.146 e. The second kappa shape index (κ2) is 2.80. The van der Waals surface area contributed by atoms with Crippen LogP contribution < -0.4 is 0 Å². The molecule has 0 spiro atoms. The van der Waals surface area contributed by atoms with Crippen LogP contribution in [0.3, 0.4) is 0 Å². The topological polar surface area (TPSA) is 17.1 Å². The number of carbonyl (C=O) groups is 1. The Hall–Kier alpha value is -0.590. The van der Waals surface area contributed by atoms with E-state index in [0.29, 0.717) is 22.2 Å². The number of aldehydes is 1. The molecule has 0 radical (unpaired) electrons. The van der Waals surface area contributed by atoms with Crippen LogP contribution in [0.15, 0.2) is 11.6 Å². The lowest BCUT2D eigenvalue weighted by molar-refractivity contribution is -0.105. The van der Waals surface area contributed by atoms with Crippen LogP contribution in [0.5, 0.6) is 0 Å². The minimum absolute atomic E-state index is 0.380. The van der Waals surface area contributed by atoms with E-state index in [1.807, 2.05) is 0 Å². The molecule has 2 bridgehead atoms. The van der Waals surface area contributed by atoms with Crippen LogP contribution in [0, 0.1) is 22.2 Å². The quantitative estimate of drug-likeness (QED) is 0.613. The highest BCUT2D eigenvalue weighted by Crippen LogP contribution is 2.75. The Labute approximate surface area is 98.3 Å². The van der Waals surface area contributed by atoms with Crippen LogP contribution in [-0.4, -0.2) is 6.29 Å². The summed E-state index contributed by atoms with van der Waals surface area (Å²) in [7, 11) is 0. The van der Waals surface area contributed by atoms with E-state index in [0.717, 1.165) is 18.3 Å². The second-order valence-corrected chi connectivity index (χ2v) is 6.95. The van der Waals surface area contributed by atoms with Gasteiger partial charge in [-0.2, -0.15) is 0 Å². The molecule has 0 aromatic heterocycles. The highest BCUT2D eigenvalue weighted by Gasteiger charge is 2.67. The summed E-state index contributed by atoms with van der Waals surface area (Å²) in [5.41, 5.74) is 2.37. The zero-order valence-corrected chi connectivity index (χ0v) is 10.7. The van der Waals surface area contributed by atoms with E-state index in [2.05, 4.69) is 26.8 Å². The van der Waals surface area contributed by atoms with Gasteiger partial charge in [-0.3, -0.25) is 4.79 Å². The number of rotatable bonds is 1. The maximum Gasteiger partial charge on any atom is 0.146 e. The molecule has 1 heteroatoms. The third kappa shape index (κ3) is 0.881. The molecule has 3 rings (SSSR count). The molecule has 2 fully saturated rings. The van der Waals surface area contributed by atoms with E-state index < -0.39 is 0 Å². The Kier molecular flexibility index (Phi) is 1.85. The van der Waals surface area contributed by atoms with Gasteiger partial charge in [0.15, 0.2) is 0 Å². The van der Waals surface area contributed by atoms with E-state index in [1.54, 1.807) is 0 Å². The Morgan fingerprint density at radius 2 is 2.06 bits per heavy atom. The molecule has 3 aliphatic carbocycles. The largest absolute Gasteiger partial charge is 0.298 e. The van der Waals surface area contributed by atoms with Crippen molar-refractivity contribution in [2.45, 2.75) is 52.9 Å². The fraction of sp³-hybridized carbons (Fsp3) is 0.800. The van der Waals surface area contributed by atoms with Crippen molar-refractivity contribution in [2.75, 3.05) is 0 Å². The van der Waals surface area contributed by atoms with Gasteiger partial charge in [0.1, 0.15) is 6.29 Å². The molecular weight excluding hydrogens is 196 g/mol. The SMILES string of the molecule is C[C@@]12CC=C(C=O)[C@@H](C1)[C@]1(C)CCC[C@]21C. The molecule has 4 atom stereocenters. The van der Waals surface area contributed by atoms with Crippen molar-refractivity contribution in [3.63, 3.8) is 0 Å². The first-order chi connectivity index (χ1) is 7.47. The fourth-order valence-corrected chi connectivity index (χ4v) is 5.23. The van der Waals surface area contributed by atoms with Gasteiger partial charge in [0.2, 0.25) is 0 Å². The predicted molar refractivity (Wildman–Crippen MR) is 65.0 cm³/mol. The molecule has 88 valence electrons. The van der Waals surface area contributed by atoms with E-state index >= 15 is 0 Å². The van der Waals surface area contributed by atoms with Crippen molar-refractivity contribution in [3.05, 3.63) is 11.6 Å². The summed E-state index contributed by atoms with van der Waals surface area (Å²) in [6, 6.07) is 0.